The third-order valence-electron chi connectivity index (χ3n) is 3.05. The lowest BCUT2D eigenvalue weighted by molar-refractivity contribution is 0.840. The van der Waals surface area contributed by atoms with E-state index in [2.05, 4.69) is 43.4 Å². The van der Waals surface area contributed by atoms with Crippen molar-refractivity contribution in [3.05, 3.63) is 64.1 Å². The van der Waals surface area contributed by atoms with E-state index in [0.717, 1.165) is 5.69 Å². The summed E-state index contributed by atoms with van der Waals surface area (Å²) in [6, 6.07) is 12.0. The SMILES string of the molecule is Cc1ccc(C(C)Nc2ccc(=O)n(C)c2)cc1. The predicted molar refractivity (Wildman–Crippen MR) is 74.9 cm³/mol. The van der Waals surface area contributed by atoms with Crippen LogP contribution in [0.5, 0.6) is 0 Å². The Balaban J connectivity index is 2.15. The Morgan fingerprint density at radius 3 is 2.39 bits per heavy atom. The van der Waals surface area contributed by atoms with Gasteiger partial charge in [0.05, 0.1) is 5.69 Å². The molecule has 2 rings (SSSR count). The van der Waals surface area contributed by atoms with E-state index in [0.29, 0.717) is 0 Å². The first kappa shape index (κ1) is 12.4. The van der Waals surface area contributed by atoms with E-state index in [1.807, 2.05) is 12.3 Å². The second kappa shape index (κ2) is 5.08. The van der Waals surface area contributed by atoms with Crippen LogP contribution in [0.4, 0.5) is 5.69 Å². The van der Waals surface area contributed by atoms with Gasteiger partial charge in [-0.05, 0) is 25.5 Å². The van der Waals surface area contributed by atoms with Crippen LogP contribution in [-0.2, 0) is 7.05 Å². The average Bonchev–Trinajstić information content (AvgIpc) is 2.34. The first-order chi connectivity index (χ1) is 8.56. The fourth-order valence-electron chi connectivity index (χ4n) is 1.87. The van der Waals surface area contributed by atoms with Gasteiger partial charge in [0.25, 0.3) is 0 Å². The highest BCUT2D eigenvalue weighted by Gasteiger charge is 2.05. The van der Waals surface area contributed by atoms with Crippen LogP contribution in [0.2, 0.25) is 0 Å². The van der Waals surface area contributed by atoms with Gasteiger partial charge in [0.15, 0.2) is 0 Å². The number of rotatable bonds is 3. The van der Waals surface area contributed by atoms with Gasteiger partial charge in [0.1, 0.15) is 0 Å². The standard InChI is InChI=1S/C15H18N2O/c1-11-4-6-13(7-5-11)12(2)16-14-8-9-15(18)17(3)10-14/h4-10,12,16H,1-3H3. The van der Waals surface area contributed by atoms with Gasteiger partial charge in [-0.3, -0.25) is 4.79 Å². The summed E-state index contributed by atoms with van der Waals surface area (Å²) in [7, 11) is 1.75. The lowest BCUT2D eigenvalue weighted by atomic mass is 10.1. The van der Waals surface area contributed by atoms with Gasteiger partial charge >= 0.3 is 0 Å². The molecule has 0 aliphatic heterocycles. The molecule has 3 heteroatoms. The number of pyridine rings is 1. The summed E-state index contributed by atoms with van der Waals surface area (Å²) >= 11 is 0. The minimum Gasteiger partial charge on any atom is -0.377 e. The minimum atomic E-state index is 0.00328. The van der Waals surface area contributed by atoms with Crippen LogP contribution in [0.25, 0.3) is 0 Å². The van der Waals surface area contributed by atoms with Gasteiger partial charge in [-0.25, -0.2) is 0 Å². The topological polar surface area (TPSA) is 34.0 Å². The van der Waals surface area contributed by atoms with E-state index in [1.54, 1.807) is 17.7 Å². The summed E-state index contributed by atoms with van der Waals surface area (Å²) in [5, 5.41) is 3.39. The number of nitrogens with one attached hydrogen (secondary N) is 1. The van der Waals surface area contributed by atoms with Crippen molar-refractivity contribution in [1.82, 2.24) is 4.57 Å². The number of hydrogen-bond acceptors (Lipinski definition) is 2. The zero-order valence-corrected chi connectivity index (χ0v) is 11.0. The van der Waals surface area contributed by atoms with E-state index < -0.39 is 0 Å². The Hall–Kier alpha value is -2.03. The van der Waals surface area contributed by atoms with Crippen LogP contribution in [0.3, 0.4) is 0 Å². The molecule has 0 aliphatic rings. The molecule has 1 unspecified atom stereocenters. The molecular weight excluding hydrogens is 224 g/mol. The first-order valence-corrected chi connectivity index (χ1v) is 6.06. The molecule has 0 amide bonds. The molecule has 0 spiro atoms. The maximum Gasteiger partial charge on any atom is 0.250 e. The normalized spacial score (nSPS) is 12.2. The Morgan fingerprint density at radius 1 is 1.11 bits per heavy atom. The Bertz CT molecular complexity index is 584. The molecule has 2 aromatic rings. The number of aryl methyl sites for hydroxylation is 2. The number of anilines is 1. The van der Waals surface area contributed by atoms with Crippen LogP contribution in [-0.4, -0.2) is 4.57 Å². The van der Waals surface area contributed by atoms with E-state index in [4.69, 9.17) is 0 Å². The third-order valence-corrected chi connectivity index (χ3v) is 3.05. The van der Waals surface area contributed by atoms with Crippen molar-refractivity contribution in [2.45, 2.75) is 19.9 Å². The molecular formula is C15H18N2O. The van der Waals surface area contributed by atoms with Crippen molar-refractivity contribution in [3.8, 4) is 0 Å². The number of aromatic nitrogens is 1. The molecule has 3 nitrogen and oxygen atoms in total. The van der Waals surface area contributed by atoms with Crippen LogP contribution in [0.15, 0.2) is 47.4 Å². The van der Waals surface area contributed by atoms with E-state index in [-0.39, 0.29) is 11.6 Å². The minimum absolute atomic E-state index is 0.00328. The number of benzene rings is 1. The maximum absolute atomic E-state index is 11.3. The quantitative estimate of drug-likeness (QED) is 0.898. The summed E-state index contributed by atoms with van der Waals surface area (Å²) in [4.78, 5) is 11.3. The lowest BCUT2D eigenvalue weighted by Gasteiger charge is -2.16. The van der Waals surface area contributed by atoms with E-state index in [1.165, 1.54) is 11.1 Å². The predicted octanol–water partition coefficient (Wildman–Crippen LogP) is 2.87. The van der Waals surface area contributed by atoms with Gasteiger partial charge in [-0.1, -0.05) is 29.8 Å². The fourth-order valence-corrected chi connectivity index (χ4v) is 1.87. The molecule has 0 radical (unpaired) electrons. The van der Waals surface area contributed by atoms with Gasteiger partial charge in [0, 0.05) is 25.4 Å². The molecule has 0 saturated heterocycles. The van der Waals surface area contributed by atoms with Gasteiger partial charge in [0.2, 0.25) is 5.56 Å². The van der Waals surface area contributed by atoms with Crippen molar-refractivity contribution in [3.63, 3.8) is 0 Å². The molecule has 1 aromatic carbocycles. The van der Waals surface area contributed by atoms with Gasteiger partial charge in [-0.2, -0.15) is 0 Å². The second-order valence-electron chi connectivity index (χ2n) is 4.64. The second-order valence-corrected chi connectivity index (χ2v) is 4.64. The molecule has 18 heavy (non-hydrogen) atoms. The molecule has 0 saturated carbocycles. The highest BCUT2D eigenvalue weighted by molar-refractivity contribution is 5.43. The highest BCUT2D eigenvalue weighted by atomic mass is 16.1. The first-order valence-electron chi connectivity index (χ1n) is 6.06. The van der Waals surface area contributed by atoms with Crippen LogP contribution in [0.1, 0.15) is 24.1 Å². The molecule has 0 aliphatic carbocycles. The molecule has 1 atom stereocenters. The van der Waals surface area contributed by atoms with Crippen molar-refractivity contribution >= 4 is 5.69 Å². The van der Waals surface area contributed by atoms with E-state index >= 15 is 0 Å². The number of nitrogens with zero attached hydrogens (tertiary/aromatic N) is 1. The molecule has 94 valence electrons. The maximum atomic E-state index is 11.3. The Kier molecular flexibility index (Phi) is 3.51. The summed E-state index contributed by atoms with van der Waals surface area (Å²) in [6.45, 7) is 4.19. The Labute approximate surface area is 107 Å². The molecule has 1 N–H and O–H groups in total. The molecule has 1 heterocycles. The number of hydrogen-bond donors (Lipinski definition) is 1. The van der Waals surface area contributed by atoms with E-state index in [9.17, 15) is 4.79 Å². The smallest absolute Gasteiger partial charge is 0.250 e. The summed E-state index contributed by atoms with van der Waals surface area (Å²) in [6.07, 6.45) is 1.81. The summed E-state index contributed by atoms with van der Waals surface area (Å²) in [5.41, 5.74) is 3.44. The van der Waals surface area contributed by atoms with Crippen molar-refractivity contribution in [2.75, 3.05) is 5.32 Å². The fraction of sp³-hybridized carbons (Fsp3) is 0.267. The van der Waals surface area contributed by atoms with Crippen molar-refractivity contribution in [1.29, 1.82) is 0 Å². The molecule has 0 fully saturated rings. The average molecular weight is 242 g/mol. The van der Waals surface area contributed by atoms with Crippen molar-refractivity contribution < 1.29 is 0 Å². The lowest BCUT2D eigenvalue weighted by Crippen LogP contribution is -2.16. The van der Waals surface area contributed by atoms with Crippen molar-refractivity contribution in [2.24, 2.45) is 7.05 Å². The molecule has 0 bridgehead atoms. The molecule has 1 aromatic heterocycles. The van der Waals surface area contributed by atoms with Crippen LogP contribution < -0.4 is 10.9 Å². The van der Waals surface area contributed by atoms with Crippen LogP contribution in [0, 0.1) is 6.92 Å². The monoisotopic (exact) mass is 242 g/mol. The summed E-state index contributed by atoms with van der Waals surface area (Å²) < 4.78 is 1.57. The zero-order chi connectivity index (χ0) is 13.1. The summed E-state index contributed by atoms with van der Waals surface area (Å²) in [5.74, 6) is 0. The highest BCUT2D eigenvalue weighted by Crippen LogP contribution is 2.18. The van der Waals surface area contributed by atoms with Gasteiger partial charge in [-0.15, -0.1) is 0 Å². The van der Waals surface area contributed by atoms with Gasteiger partial charge < -0.3 is 9.88 Å². The van der Waals surface area contributed by atoms with Crippen LogP contribution >= 0.6 is 0 Å². The Morgan fingerprint density at radius 2 is 1.78 bits per heavy atom. The third kappa shape index (κ3) is 2.80. The largest absolute Gasteiger partial charge is 0.377 e. The zero-order valence-electron chi connectivity index (χ0n) is 11.0.